The van der Waals surface area contributed by atoms with Gasteiger partial charge in [-0.05, 0) is 56.9 Å². The van der Waals surface area contributed by atoms with Crippen molar-refractivity contribution in [2.45, 2.75) is 53.9 Å². The van der Waals surface area contributed by atoms with Crippen molar-refractivity contribution in [1.29, 1.82) is 10.5 Å². The smallest absolute Gasteiger partial charge is 0.333 e. The summed E-state index contributed by atoms with van der Waals surface area (Å²) in [5.74, 6) is -2.18. The van der Waals surface area contributed by atoms with E-state index in [0.29, 0.717) is 22.6 Å². The van der Waals surface area contributed by atoms with Crippen LogP contribution in [0.15, 0.2) is 75.7 Å². The van der Waals surface area contributed by atoms with Gasteiger partial charge in [-0.15, -0.1) is 5.11 Å². The molecule has 0 saturated heterocycles. The summed E-state index contributed by atoms with van der Waals surface area (Å²) in [6.07, 6.45) is 4.56. The predicted molar refractivity (Wildman–Crippen MR) is 168 cm³/mol. The van der Waals surface area contributed by atoms with Crippen molar-refractivity contribution >= 4 is 34.9 Å². The third-order valence-electron chi connectivity index (χ3n) is 6.87. The maximum atomic E-state index is 12.1. The number of amides is 1. The van der Waals surface area contributed by atoms with E-state index in [1.54, 1.807) is 38.1 Å². The lowest BCUT2D eigenvalue weighted by molar-refractivity contribution is -0.139. The van der Waals surface area contributed by atoms with Crippen LogP contribution in [0.2, 0.25) is 0 Å². The maximum Gasteiger partial charge on any atom is 0.333 e. The topological polar surface area (TPSA) is 157 Å². The first-order valence-corrected chi connectivity index (χ1v) is 14.4. The van der Waals surface area contributed by atoms with Crippen LogP contribution < -0.4 is 10.2 Å². The molecule has 1 aliphatic carbocycles. The quantitative estimate of drug-likeness (QED) is 0.137. The van der Waals surface area contributed by atoms with Crippen LogP contribution in [0.5, 0.6) is 0 Å². The van der Waals surface area contributed by atoms with Gasteiger partial charge in [0.25, 0.3) is 0 Å². The minimum atomic E-state index is -0.645. The summed E-state index contributed by atoms with van der Waals surface area (Å²) in [5, 5.41) is 31.3. The third-order valence-corrected chi connectivity index (χ3v) is 6.87. The Kier molecular flexibility index (Phi) is 13.7. The molecule has 44 heavy (non-hydrogen) atoms. The van der Waals surface area contributed by atoms with Gasteiger partial charge in [0.2, 0.25) is 5.91 Å². The van der Waals surface area contributed by atoms with Gasteiger partial charge in [-0.3, -0.25) is 4.79 Å². The third kappa shape index (κ3) is 10.1. The standard InChI is InChI=1S/C33H40N6O5/c1-8-9-10-25-17-26(19-34)31(28(20-35)23(25)6)38-37-29-12-11-27(18-30(29)36-24(7)40)39(13-15-43-32(41)21(2)3)14-16-44-33(42)22(4)5/h11-12,17-18,23,28H,2,4,8-10,13-16H2,1,3,5-7H3,(H,36,40)/b38-37+. The summed E-state index contributed by atoms with van der Waals surface area (Å²) in [6.45, 7) is 16.2. The number of azo groups is 1. The van der Waals surface area contributed by atoms with Crippen molar-refractivity contribution in [3.05, 3.63) is 65.4 Å². The highest BCUT2D eigenvalue weighted by Crippen LogP contribution is 2.39. The Bertz CT molecular complexity index is 1430. The Labute approximate surface area is 259 Å². The normalized spacial score (nSPS) is 15.9. The Morgan fingerprint density at radius 1 is 1.02 bits per heavy atom. The molecule has 232 valence electrons. The first kappa shape index (κ1) is 35.2. The fourth-order valence-corrected chi connectivity index (χ4v) is 4.39. The monoisotopic (exact) mass is 600 g/mol. The summed E-state index contributed by atoms with van der Waals surface area (Å²) in [4.78, 5) is 37.7. The van der Waals surface area contributed by atoms with Gasteiger partial charge in [-0.1, -0.05) is 39.0 Å². The van der Waals surface area contributed by atoms with E-state index in [9.17, 15) is 24.9 Å². The van der Waals surface area contributed by atoms with Gasteiger partial charge < -0.3 is 19.7 Å². The fraction of sp³-hybridized carbons (Fsp3) is 0.424. The molecule has 0 spiro atoms. The minimum absolute atomic E-state index is 0.0314. The van der Waals surface area contributed by atoms with Crippen LogP contribution in [0.4, 0.5) is 17.1 Å². The summed E-state index contributed by atoms with van der Waals surface area (Å²) in [6, 6.07) is 9.49. The zero-order valence-electron chi connectivity index (χ0n) is 26.1. The number of carbonyl (C=O) groups is 3. The Hall–Kier alpha value is -5.03. The van der Waals surface area contributed by atoms with Crippen molar-refractivity contribution in [1.82, 2.24) is 0 Å². The van der Waals surface area contributed by atoms with Gasteiger partial charge in [0, 0.05) is 23.8 Å². The number of carbonyl (C=O) groups excluding carboxylic acids is 3. The Morgan fingerprint density at radius 2 is 1.64 bits per heavy atom. The van der Waals surface area contributed by atoms with Gasteiger partial charge in [0.15, 0.2) is 0 Å². The highest BCUT2D eigenvalue weighted by atomic mass is 16.5. The van der Waals surface area contributed by atoms with Crippen molar-refractivity contribution < 1.29 is 23.9 Å². The van der Waals surface area contributed by atoms with E-state index in [1.807, 2.05) is 11.8 Å². The van der Waals surface area contributed by atoms with Crippen LogP contribution >= 0.6 is 0 Å². The predicted octanol–water partition coefficient (Wildman–Crippen LogP) is 6.46. The van der Waals surface area contributed by atoms with E-state index in [4.69, 9.17) is 9.47 Å². The van der Waals surface area contributed by atoms with Crippen LogP contribution in [0.1, 0.15) is 53.9 Å². The second kappa shape index (κ2) is 17.2. The van der Waals surface area contributed by atoms with Gasteiger partial charge >= 0.3 is 11.9 Å². The van der Waals surface area contributed by atoms with E-state index in [2.05, 4.69) is 47.8 Å². The number of hydrogen-bond donors (Lipinski definition) is 1. The Morgan fingerprint density at radius 3 is 2.14 bits per heavy atom. The number of allylic oxidation sites excluding steroid dienone is 4. The van der Waals surface area contributed by atoms with Gasteiger partial charge in [0.05, 0.1) is 42.0 Å². The van der Waals surface area contributed by atoms with Gasteiger partial charge in [-0.2, -0.15) is 15.6 Å². The number of hydrogen-bond acceptors (Lipinski definition) is 10. The number of esters is 2. The molecule has 1 aromatic carbocycles. The molecule has 0 saturated carbocycles. The zero-order chi connectivity index (χ0) is 32.8. The molecule has 0 aromatic heterocycles. The number of nitriles is 2. The molecule has 1 aromatic rings. The van der Waals surface area contributed by atoms with Crippen molar-refractivity contribution in [3.8, 4) is 12.1 Å². The highest BCUT2D eigenvalue weighted by molar-refractivity contribution is 5.93. The highest BCUT2D eigenvalue weighted by Gasteiger charge is 2.31. The van der Waals surface area contributed by atoms with E-state index in [-0.39, 0.29) is 55.0 Å². The molecule has 1 aliphatic rings. The number of anilines is 2. The number of unbranched alkanes of at least 4 members (excludes halogenated alkanes) is 1. The summed E-state index contributed by atoms with van der Waals surface area (Å²) in [5.41, 5.74) is 3.40. The molecule has 0 radical (unpaired) electrons. The number of rotatable bonds is 15. The summed E-state index contributed by atoms with van der Waals surface area (Å²) >= 11 is 0. The molecule has 2 rings (SSSR count). The van der Waals surface area contributed by atoms with Gasteiger partial charge in [0.1, 0.15) is 25.0 Å². The SMILES string of the molecule is C=C(C)C(=O)OCCN(CCOC(=O)C(=C)C)c1ccc(/N=N/C2=C(C#N)C=C(CCCC)C(C)C2C#N)c(NC(C)=O)c1. The molecule has 0 fully saturated rings. The average Bonchev–Trinajstić information content (AvgIpc) is 2.98. The molecule has 11 nitrogen and oxygen atoms in total. The van der Waals surface area contributed by atoms with E-state index >= 15 is 0 Å². The lowest BCUT2D eigenvalue weighted by Crippen LogP contribution is -2.32. The van der Waals surface area contributed by atoms with Crippen LogP contribution in [-0.4, -0.2) is 44.1 Å². The average molecular weight is 601 g/mol. The number of benzene rings is 1. The first-order valence-electron chi connectivity index (χ1n) is 14.4. The largest absolute Gasteiger partial charge is 0.460 e. The van der Waals surface area contributed by atoms with Gasteiger partial charge in [-0.25, -0.2) is 9.59 Å². The molecular weight excluding hydrogens is 560 g/mol. The number of ether oxygens (including phenoxy) is 2. The molecular formula is C33H40N6O5. The van der Waals surface area contributed by atoms with Crippen LogP contribution in [-0.2, 0) is 23.9 Å². The molecule has 2 unspecified atom stereocenters. The molecule has 2 atom stereocenters. The molecule has 11 heteroatoms. The molecule has 1 amide bonds. The number of nitrogens with one attached hydrogen (secondary N) is 1. The van der Waals surface area contributed by atoms with Crippen molar-refractivity contribution in [2.75, 3.05) is 36.5 Å². The second-order valence-corrected chi connectivity index (χ2v) is 10.5. The first-order chi connectivity index (χ1) is 20.9. The molecule has 0 bridgehead atoms. The summed E-state index contributed by atoms with van der Waals surface area (Å²) in [7, 11) is 0. The molecule has 0 aliphatic heterocycles. The lowest BCUT2D eigenvalue weighted by atomic mass is 9.78. The maximum absolute atomic E-state index is 12.1. The van der Waals surface area contributed by atoms with Crippen molar-refractivity contribution in [3.63, 3.8) is 0 Å². The van der Waals surface area contributed by atoms with E-state index < -0.39 is 17.9 Å². The van der Waals surface area contributed by atoms with E-state index in [1.165, 1.54) is 6.92 Å². The van der Waals surface area contributed by atoms with Crippen molar-refractivity contribution in [2.24, 2.45) is 22.1 Å². The van der Waals surface area contributed by atoms with Crippen LogP contribution in [0.3, 0.4) is 0 Å². The van der Waals surface area contributed by atoms with E-state index in [0.717, 1.165) is 24.8 Å². The van der Waals surface area contributed by atoms with Crippen LogP contribution in [0.25, 0.3) is 0 Å². The minimum Gasteiger partial charge on any atom is -0.460 e. The Balaban J connectivity index is 2.46. The molecule has 0 heterocycles. The second-order valence-electron chi connectivity index (χ2n) is 10.5. The summed E-state index contributed by atoms with van der Waals surface area (Å²) < 4.78 is 10.5. The van der Waals surface area contributed by atoms with Crippen LogP contribution in [0, 0.1) is 34.5 Å². The molecule has 1 N–H and O–H groups in total. The number of nitrogens with zero attached hydrogens (tertiary/aromatic N) is 5. The fourth-order valence-electron chi connectivity index (χ4n) is 4.39. The lowest BCUT2D eigenvalue weighted by Gasteiger charge is -2.26. The zero-order valence-corrected chi connectivity index (χ0v) is 26.1.